The molecule has 0 bridgehead atoms. The summed E-state index contributed by atoms with van der Waals surface area (Å²) in [6, 6.07) is 0. The van der Waals surface area contributed by atoms with Crippen LogP contribution in [0.4, 0.5) is 26.3 Å². The standard InChI is InChI=1S/C27H34F6O3/c1-16(6-4-13-25(36,26(28,29)30)27(31,32)33)21-10-11-22-18(7-5-12-24(21,22)3)8-9-19-14-20(34)15-23(35)17(19)2/h4,8-10,13,16,20,22-23,34-36H,2,5-7,11-12,14-15H2,1,3H3/b13-4-,18-8+,19-9-/t16-,20-,22+,23+,24-/m1/s1. The van der Waals surface area contributed by atoms with Gasteiger partial charge in [0.1, 0.15) is 0 Å². The summed E-state index contributed by atoms with van der Waals surface area (Å²) in [6.07, 6.45) is -2.69. The molecule has 0 aromatic heterocycles. The Balaban J connectivity index is 1.76. The van der Waals surface area contributed by atoms with Gasteiger partial charge in [-0.1, -0.05) is 55.9 Å². The van der Waals surface area contributed by atoms with Gasteiger partial charge in [-0.25, -0.2) is 0 Å². The first kappa shape index (κ1) is 28.7. The number of hydrogen-bond donors (Lipinski definition) is 3. The van der Waals surface area contributed by atoms with E-state index in [1.165, 1.54) is 5.57 Å². The molecule has 3 aliphatic carbocycles. The molecule has 0 unspecified atom stereocenters. The first-order valence-corrected chi connectivity index (χ1v) is 12.2. The summed E-state index contributed by atoms with van der Waals surface area (Å²) in [4.78, 5) is 0. The molecule has 9 heteroatoms. The Bertz CT molecular complexity index is 957. The van der Waals surface area contributed by atoms with Crippen molar-refractivity contribution in [2.45, 2.75) is 89.0 Å². The van der Waals surface area contributed by atoms with Crippen LogP contribution in [0.3, 0.4) is 0 Å². The summed E-state index contributed by atoms with van der Waals surface area (Å²) in [7, 11) is 0. The minimum atomic E-state index is -5.87. The van der Waals surface area contributed by atoms with E-state index in [2.05, 4.69) is 13.5 Å². The molecule has 3 N–H and O–H groups in total. The van der Waals surface area contributed by atoms with Gasteiger partial charge in [0.05, 0.1) is 12.2 Å². The molecule has 202 valence electrons. The monoisotopic (exact) mass is 520 g/mol. The third-order valence-electron chi connectivity index (χ3n) is 8.12. The van der Waals surface area contributed by atoms with E-state index in [1.54, 1.807) is 6.92 Å². The van der Waals surface area contributed by atoms with Gasteiger partial charge in [-0.2, -0.15) is 26.3 Å². The topological polar surface area (TPSA) is 60.7 Å². The Kier molecular flexibility index (Phi) is 8.09. The number of halogens is 6. The average Bonchev–Trinajstić information content (AvgIpc) is 3.11. The minimum Gasteiger partial charge on any atom is -0.393 e. The fraction of sp³-hybridized carbons (Fsp3) is 0.630. The van der Waals surface area contributed by atoms with E-state index in [9.17, 15) is 41.7 Å². The second-order valence-corrected chi connectivity index (χ2v) is 10.6. The second-order valence-electron chi connectivity index (χ2n) is 10.6. The van der Waals surface area contributed by atoms with E-state index < -0.39 is 30.2 Å². The Morgan fingerprint density at radius 1 is 1.14 bits per heavy atom. The van der Waals surface area contributed by atoms with Crippen molar-refractivity contribution in [1.82, 2.24) is 0 Å². The van der Waals surface area contributed by atoms with Crippen molar-refractivity contribution in [1.29, 1.82) is 0 Å². The van der Waals surface area contributed by atoms with Crippen molar-refractivity contribution in [2.75, 3.05) is 0 Å². The van der Waals surface area contributed by atoms with Gasteiger partial charge in [0, 0.05) is 6.42 Å². The molecule has 0 aromatic rings. The molecular formula is C27H34F6O3. The zero-order chi connectivity index (χ0) is 27.1. The average molecular weight is 521 g/mol. The highest BCUT2D eigenvalue weighted by molar-refractivity contribution is 5.40. The normalized spacial score (nSPS) is 33.4. The zero-order valence-corrected chi connectivity index (χ0v) is 20.5. The van der Waals surface area contributed by atoms with Crippen molar-refractivity contribution in [3.05, 3.63) is 59.3 Å². The van der Waals surface area contributed by atoms with Gasteiger partial charge < -0.3 is 15.3 Å². The highest BCUT2D eigenvalue weighted by Crippen LogP contribution is 2.57. The van der Waals surface area contributed by atoms with E-state index in [0.717, 1.165) is 42.9 Å². The summed E-state index contributed by atoms with van der Waals surface area (Å²) in [5.41, 5.74) is -1.56. The third kappa shape index (κ3) is 5.38. The van der Waals surface area contributed by atoms with Crippen LogP contribution >= 0.6 is 0 Å². The van der Waals surface area contributed by atoms with Crippen molar-refractivity contribution in [2.24, 2.45) is 17.3 Å². The quantitative estimate of drug-likeness (QED) is 0.287. The maximum atomic E-state index is 12.9. The van der Waals surface area contributed by atoms with Gasteiger partial charge in [-0.05, 0) is 73.0 Å². The molecule has 5 atom stereocenters. The third-order valence-corrected chi connectivity index (χ3v) is 8.12. The molecular weight excluding hydrogens is 486 g/mol. The lowest BCUT2D eigenvalue weighted by atomic mass is 9.62. The van der Waals surface area contributed by atoms with Crippen molar-refractivity contribution in [3.63, 3.8) is 0 Å². The predicted octanol–water partition coefficient (Wildman–Crippen LogP) is 6.49. The molecule has 0 amide bonds. The molecule has 0 heterocycles. The number of rotatable bonds is 5. The molecule has 0 aromatic carbocycles. The van der Waals surface area contributed by atoms with Crippen LogP contribution in [0.25, 0.3) is 0 Å². The van der Waals surface area contributed by atoms with Crippen LogP contribution in [0.1, 0.15) is 58.8 Å². The smallest absolute Gasteiger partial charge is 0.393 e. The second kappa shape index (κ2) is 10.1. The molecule has 0 spiro atoms. The molecule has 0 saturated heterocycles. The summed E-state index contributed by atoms with van der Waals surface area (Å²) in [6.45, 7) is 7.80. The number of alkyl halides is 6. The summed E-state index contributed by atoms with van der Waals surface area (Å²) < 4.78 is 77.7. The van der Waals surface area contributed by atoms with E-state index >= 15 is 0 Å². The Hall–Kier alpha value is -1.84. The summed E-state index contributed by atoms with van der Waals surface area (Å²) in [5, 5.41) is 29.4. The molecule has 0 aliphatic heterocycles. The lowest BCUT2D eigenvalue weighted by molar-refractivity contribution is -0.347. The minimum absolute atomic E-state index is 0.0681. The molecule has 36 heavy (non-hydrogen) atoms. The first-order chi connectivity index (χ1) is 16.5. The van der Waals surface area contributed by atoms with Crippen molar-refractivity contribution >= 4 is 0 Å². The summed E-state index contributed by atoms with van der Waals surface area (Å²) >= 11 is 0. The van der Waals surface area contributed by atoms with Gasteiger partial charge in [-0.15, -0.1) is 0 Å². The maximum Gasteiger partial charge on any atom is 0.429 e. The Labute approximate surface area is 207 Å². The first-order valence-electron chi connectivity index (χ1n) is 12.2. The number of aliphatic hydroxyl groups is 3. The highest BCUT2D eigenvalue weighted by atomic mass is 19.4. The Morgan fingerprint density at radius 3 is 2.39 bits per heavy atom. The number of aliphatic hydroxyl groups excluding tert-OH is 2. The fourth-order valence-electron chi connectivity index (χ4n) is 6.00. The van der Waals surface area contributed by atoms with Crippen LogP contribution in [0.2, 0.25) is 0 Å². The van der Waals surface area contributed by atoms with Gasteiger partial charge in [0.2, 0.25) is 0 Å². The SMILES string of the molecule is C=C1/C(=C\C=C2/CCC[C@]3(C)C([C@H](C)C/C=C\C(O)(C(F)(F)F)C(F)(F)F)=CC[C@@H]23)C[C@@H](O)C[C@@H]1O. The fourth-order valence-corrected chi connectivity index (χ4v) is 6.00. The van der Waals surface area contributed by atoms with Gasteiger partial charge in [-0.3, -0.25) is 0 Å². The van der Waals surface area contributed by atoms with E-state index in [4.69, 9.17) is 0 Å². The van der Waals surface area contributed by atoms with Crippen LogP contribution in [0.5, 0.6) is 0 Å². The highest BCUT2D eigenvalue weighted by Gasteiger charge is 2.68. The molecule has 3 aliphatic rings. The van der Waals surface area contributed by atoms with E-state index in [0.29, 0.717) is 12.0 Å². The van der Waals surface area contributed by atoms with Crippen LogP contribution < -0.4 is 0 Å². The summed E-state index contributed by atoms with van der Waals surface area (Å²) in [5.74, 6) is -0.151. The maximum absolute atomic E-state index is 12.9. The molecule has 0 radical (unpaired) electrons. The lowest BCUT2D eigenvalue weighted by Crippen LogP contribution is -2.55. The van der Waals surface area contributed by atoms with Crippen LogP contribution in [0.15, 0.2) is 59.3 Å². The van der Waals surface area contributed by atoms with Crippen LogP contribution in [0, 0.1) is 17.3 Å². The van der Waals surface area contributed by atoms with E-state index in [1.807, 2.05) is 18.2 Å². The molecule has 2 fully saturated rings. The van der Waals surface area contributed by atoms with Crippen molar-refractivity contribution < 1.29 is 41.7 Å². The zero-order valence-electron chi connectivity index (χ0n) is 20.5. The van der Waals surface area contributed by atoms with Crippen molar-refractivity contribution in [3.8, 4) is 0 Å². The largest absolute Gasteiger partial charge is 0.429 e. The van der Waals surface area contributed by atoms with Crippen LogP contribution in [-0.2, 0) is 0 Å². The number of allylic oxidation sites excluding steroid dienone is 6. The van der Waals surface area contributed by atoms with E-state index in [-0.39, 0.29) is 36.2 Å². The van der Waals surface area contributed by atoms with Crippen LogP contribution in [-0.4, -0.2) is 45.5 Å². The molecule has 3 nitrogen and oxygen atoms in total. The predicted molar refractivity (Wildman–Crippen MR) is 125 cm³/mol. The Morgan fingerprint density at radius 2 is 1.78 bits per heavy atom. The van der Waals surface area contributed by atoms with Gasteiger partial charge >= 0.3 is 12.4 Å². The number of fused-ring (bicyclic) bond motifs is 1. The molecule has 2 saturated carbocycles. The van der Waals surface area contributed by atoms with Gasteiger partial charge in [0.15, 0.2) is 0 Å². The molecule has 3 rings (SSSR count). The lowest BCUT2D eigenvalue weighted by Gasteiger charge is -2.42. The van der Waals surface area contributed by atoms with Gasteiger partial charge in [0.25, 0.3) is 5.60 Å². The number of hydrogen-bond acceptors (Lipinski definition) is 3.